The molecule has 1 unspecified atom stereocenters. The summed E-state index contributed by atoms with van der Waals surface area (Å²) >= 11 is 0. The Kier molecular flexibility index (Phi) is 7.50. The molecule has 1 amide bonds. The van der Waals surface area contributed by atoms with E-state index in [9.17, 15) is 9.59 Å². The van der Waals surface area contributed by atoms with Crippen LogP contribution in [0.3, 0.4) is 0 Å². The minimum absolute atomic E-state index is 0.0705. The van der Waals surface area contributed by atoms with Gasteiger partial charge in [-0.15, -0.1) is 0 Å². The first-order chi connectivity index (χ1) is 16.4. The standard InChI is InChI=1S/C29H37N3O2/c1-5-26(31(19-20(2)3)28(33)22-13-7-6-8-14-22)27-30-25-17-10-9-16-24(25)29(34)32(27)23-15-11-12-21(4)18-23/h9-12,15-18,20,22,26H,5-8,13-14,19H2,1-4H3. The lowest BCUT2D eigenvalue weighted by molar-refractivity contribution is -0.140. The summed E-state index contributed by atoms with van der Waals surface area (Å²) < 4.78 is 1.74. The number of para-hydroxylation sites is 1. The van der Waals surface area contributed by atoms with Gasteiger partial charge < -0.3 is 4.90 Å². The molecule has 0 spiro atoms. The lowest BCUT2D eigenvalue weighted by Gasteiger charge is -2.36. The molecule has 0 saturated heterocycles. The molecule has 34 heavy (non-hydrogen) atoms. The molecule has 1 atom stereocenters. The minimum atomic E-state index is -0.269. The van der Waals surface area contributed by atoms with E-state index < -0.39 is 0 Å². The molecular formula is C29H37N3O2. The second-order valence-electron chi connectivity index (χ2n) is 10.1. The molecular weight excluding hydrogens is 422 g/mol. The van der Waals surface area contributed by atoms with E-state index in [1.807, 2.05) is 60.4 Å². The maximum Gasteiger partial charge on any atom is 0.266 e. The van der Waals surface area contributed by atoms with Gasteiger partial charge in [-0.05, 0) is 61.9 Å². The quantitative estimate of drug-likeness (QED) is 0.422. The predicted octanol–water partition coefficient (Wildman–Crippen LogP) is 6.21. The average molecular weight is 460 g/mol. The molecule has 4 rings (SSSR count). The van der Waals surface area contributed by atoms with Gasteiger partial charge in [0, 0.05) is 12.5 Å². The summed E-state index contributed by atoms with van der Waals surface area (Å²) in [7, 11) is 0. The zero-order valence-corrected chi connectivity index (χ0v) is 21.0. The monoisotopic (exact) mass is 459 g/mol. The van der Waals surface area contributed by atoms with Gasteiger partial charge in [0.05, 0.1) is 22.6 Å². The Hall–Kier alpha value is -2.95. The van der Waals surface area contributed by atoms with E-state index in [0.717, 1.165) is 36.9 Å². The number of hydrogen-bond acceptors (Lipinski definition) is 3. The molecule has 0 radical (unpaired) electrons. The molecule has 1 saturated carbocycles. The van der Waals surface area contributed by atoms with Gasteiger partial charge in [0.1, 0.15) is 5.82 Å². The number of aryl methyl sites for hydroxylation is 1. The third-order valence-electron chi connectivity index (χ3n) is 6.92. The highest BCUT2D eigenvalue weighted by atomic mass is 16.2. The Morgan fingerprint density at radius 1 is 1.09 bits per heavy atom. The SMILES string of the molecule is CCC(c1nc2ccccc2c(=O)n1-c1cccc(C)c1)N(CC(C)C)C(=O)C1CCCCC1. The molecule has 0 N–H and O–H groups in total. The third kappa shape index (κ3) is 4.94. The number of aromatic nitrogens is 2. The van der Waals surface area contributed by atoms with Crippen LogP contribution in [0.2, 0.25) is 0 Å². The second kappa shape index (κ2) is 10.5. The fraction of sp³-hybridized carbons (Fsp3) is 0.483. The van der Waals surface area contributed by atoms with Crippen LogP contribution in [-0.2, 0) is 4.79 Å². The van der Waals surface area contributed by atoms with E-state index in [2.05, 4.69) is 20.8 Å². The number of nitrogens with zero attached hydrogens (tertiary/aromatic N) is 3. The first-order valence-electron chi connectivity index (χ1n) is 12.8. The maximum atomic E-state index is 13.9. The zero-order chi connectivity index (χ0) is 24.2. The van der Waals surface area contributed by atoms with Crippen molar-refractivity contribution in [2.24, 2.45) is 11.8 Å². The molecule has 1 aliphatic rings. The van der Waals surface area contributed by atoms with Crippen molar-refractivity contribution in [1.29, 1.82) is 0 Å². The Balaban J connectivity index is 1.91. The summed E-state index contributed by atoms with van der Waals surface area (Å²) in [5.41, 5.74) is 2.47. The van der Waals surface area contributed by atoms with E-state index in [4.69, 9.17) is 4.98 Å². The Morgan fingerprint density at radius 3 is 2.50 bits per heavy atom. The van der Waals surface area contributed by atoms with Crippen LogP contribution in [0.5, 0.6) is 0 Å². The number of fused-ring (bicyclic) bond motifs is 1. The van der Waals surface area contributed by atoms with E-state index in [1.165, 1.54) is 6.42 Å². The van der Waals surface area contributed by atoms with Gasteiger partial charge >= 0.3 is 0 Å². The van der Waals surface area contributed by atoms with Crippen molar-refractivity contribution in [1.82, 2.24) is 14.5 Å². The van der Waals surface area contributed by atoms with Gasteiger partial charge in [-0.2, -0.15) is 0 Å². The Morgan fingerprint density at radius 2 is 1.82 bits per heavy atom. The van der Waals surface area contributed by atoms with Gasteiger partial charge in [0.15, 0.2) is 0 Å². The molecule has 1 aromatic heterocycles. The smallest absolute Gasteiger partial charge is 0.266 e. The van der Waals surface area contributed by atoms with Gasteiger partial charge in [-0.1, -0.05) is 64.3 Å². The van der Waals surface area contributed by atoms with Crippen molar-refractivity contribution in [2.45, 2.75) is 72.3 Å². The highest BCUT2D eigenvalue weighted by molar-refractivity contribution is 5.80. The van der Waals surface area contributed by atoms with Crippen molar-refractivity contribution in [3.63, 3.8) is 0 Å². The van der Waals surface area contributed by atoms with E-state index in [0.29, 0.717) is 35.6 Å². The highest BCUT2D eigenvalue weighted by Crippen LogP contribution is 2.32. The van der Waals surface area contributed by atoms with Gasteiger partial charge in [0.2, 0.25) is 5.91 Å². The summed E-state index contributed by atoms with van der Waals surface area (Å²) in [5.74, 6) is 1.27. The number of hydrogen-bond donors (Lipinski definition) is 0. The highest BCUT2D eigenvalue weighted by Gasteiger charge is 2.33. The lowest BCUT2D eigenvalue weighted by Crippen LogP contribution is -2.43. The number of rotatable bonds is 7. The minimum Gasteiger partial charge on any atom is -0.332 e. The molecule has 1 heterocycles. The largest absolute Gasteiger partial charge is 0.332 e. The Bertz CT molecular complexity index is 1210. The molecule has 0 aliphatic heterocycles. The van der Waals surface area contributed by atoms with Crippen molar-refractivity contribution >= 4 is 16.8 Å². The number of benzene rings is 2. The van der Waals surface area contributed by atoms with Crippen molar-refractivity contribution in [3.05, 3.63) is 70.3 Å². The lowest BCUT2D eigenvalue weighted by atomic mass is 9.87. The molecule has 5 heteroatoms. The van der Waals surface area contributed by atoms with Crippen LogP contribution < -0.4 is 5.56 Å². The third-order valence-corrected chi connectivity index (χ3v) is 6.92. The molecule has 3 aromatic rings. The number of carbonyl (C=O) groups excluding carboxylic acids is 1. The fourth-order valence-electron chi connectivity index (χ4n) is 5.28. The predicted molar refractivity (Wildman–Crippen MR) is 138 cm³/mol. The second-order valence-corrected chi connectivity index (χ2v) is 10.1. The van der Waals surface area contributed by atoms with Crippen molar-refractivity contribution in [3.8, 4) is 5.69 Å². The van der Waals surface area contributed by atoms with Crippen LogP contribution in [0.1, 0.15) is 76.7 Å². The summed E-state index contributed by atoms with van der Waals surface area (Å²) in [6.45, 7) is 9.07. The molecule has 0 bridgehead atoms. The van der Waals surface area contributed by atoms with Crippen molar-refractivity contribution < 1.29 is 4.79 Å². The normalized spacial score (nSPS) is 15.6. The maximum absolute atomic E-state index is 13.9. The van der Waals surface area contributed by atoms with Gasteiger partial charge in [-0.3, -0.25) is 14.2 Å². The van der Waals surface area contributed by atoms with E-state index in [1.54, 1.807) is 4.57 Å². The topological polar surface area (TPSA) is 55.2 Å². The van der Waals surface area contributed by atoms with Crippen LogP contribution in [0.4, 0.5) is 0 Å². The molecule has 1 fully saturated rings. The van der Waals surface area contributed by atoms with E-state index in [-0.39, 0.29) is 23.4 Å². The summed E-state index contributed by atoms with van der Waals surface area (Å²) in [6, 6.07) is 15.2. The van der Waals surface area contributed by atoms with Gasteiger partial charge in [-0.25, -0.2) is 4.98 Å². The zero-order valence-electron chi connectivity index (χ0n) is 21.0. The van der Waals surface area contributed by atoms with Crippen LogP contribution in [0.15, 0.2) is 53.3 Å². The van der Waals surface area contributed by atoms with Crippen LogP contribution in [0, 0.1) is 18.8 Å². The number of amides is 1. The molecule has 1 aliphatic carbocycles. The first kappa shape index (κ1) is 24.2. The summed E-state index contributed by atoms with van der Waals surface area (Å²) in [4.78, 5) is 34.8. The molecule has 5 nitrogen and oxygen atoms in total. The fourth-order valence-corrected chi connectivity index (χ4v) is 5.28. The van der Waals surface area contributed by atoms with E-state index >= 15 is 0 Å². The van der Waals surface area contributed by atoms with Crippen LogP contribution in [0.25, 0.3) is 16.6 Å². The van der Waals surface area contributed by atoms with Crippen LogP contribution in [-0.4, -0.2) is 26.9 Å². The molecule has 2 aromatic carbocycles. The van der Waals surface area contributed by atoms with Gasteiger partial charge in [0.25, 0.3) is 5.56 Å². The van der Waals surface area contributed by atoms with Crippen molar-refractivity contribution in [2.75, 3.05) is 6.54 Å². The first-order valence-corrected chi connectivity index (χ1v) is 12.8. The summed E-state index contributed by atoms with van der Waals surface area (Å²) in [5, 5.41) is 0.594. The Labute approximate surface area is 202 Å². The summed E-state index contributed by atoms with van der Waals surface area (Å²) in [6.07, 6.45) is 6.06. The number of carbonyl (C=O) groups is 1. The molecule has 180 valence electrons. The average Bonchev–Trinajstić information content (AvgIpc) is 2.84. The van der Waals surface area contributed by atoms with Crippen LogP contribution >= 0.6 is 0 Å².